The normalized spacial score (nSPS) is 11.3. The average Bonchev–Trinajstić information content (AvgIpc) is 2.85. The number of nitrogens with one attached hydrogen (secondary N) is 1. The van der Waals surface area contributed by atoms with Crippen LogP contribution in [0.15, 0.2) is 34.7 Å². The number of hydrogen-bond donors (Lipinski definition) is 1. The van der Waals surface area contributed by atoms with Crippen LogP contribution in [0.3, 0.4) is 0 Å². The molecule has 5 nitrogen and oxygen atoms in total. The number of nitrogens with zero attached hydrogens (tertiary/aromatic N) is 2. The van der Waals surface area contributed by atoms with Gasteiger partial charge in [0.25, 0.3) is 0 Å². The van der Waals surface area contributed by atoms with Crippen LogP contribution < -0.4 is 10.1 Å². The summed E-state index contributed by atoms with van der Waals surface area (Å²) < 4.78 is 11.1. The molecule has 0 aliphatic rings. The standard InChI is InChI=1S/C15H21N3O2/c1-15(2,3)11-16-14-18-17-13(20-14)9-10-19-12-7-5-4-6-8-12/h4-8H,9-11H2,1-3H3,(H,16,18). The smallest absolute Gasteiger partial charge is 0.315 e. The molecule has 0 aliphatic heterocycles. The van der Waals surface area contributed by atoms with Gasteiger partial charge < -0.3 is 14.5 Å². The second kappa shape index (κ2) is 6.41. The van der Waals surface area contributed by atoms with Gasteiger partial charge in [-0.1, -0.05) is 44.1 Å². The van der Waals surface area contributed by atoms with Gasteiger partial charge in [-0.25, -0.2) is 0 Å². The van der Waals surface area contributed by atoms with Gasteiger partial charge in [0.15, 0.2) is 0 Å². The Kier molecular flexibility index (Phi) is 4.61. The zero-order valence-corrected chi connectivity index (χ0v) is 12.2. The van der Waals surface area contributed by atoms with E-state index in [1.54, 1.807) is 0 Å². The van der Waals surface area contributed by atoms with Crippen molar-refractivity contribution in [2.45, 2.75) is 27.2 Å². The molecule has 0 aliphatic carbocycles. The molecule has 2 rings (SSSR count). The second-order valence-corrected chi connectivity index (χ2v) is 5.83. The number of aromatic nitrogens is 2. The predicted molar refractivity (Wildman–Crippen MR) is 77.9 cm³/mol. The summed E-state index contributed by atoms with van der Waals surface area (Å²) in [7, 11) is 0. The maximum absolute atomic E-state index is 5.59. The highest BCUT2D eigenvalue weighted by molar-refractivity contribution is 5.21. The van der Waals surface area contributed by atoms with Gasteiger partial charge in [-0.05, 0) is 17.5 Å². The van der Waals surface area contributed by atoms with Crippen LogP contribution in [-0.2, 0) is 6.42 Å². The van der Waals surface area contributed by atoms with Crippen molar-refractivity contribution < 1.29 is 9.15 Å². The van der Waals surface area contributed by atoms with Crippen LogP contribution in [0.4, 0.5) is 6.01 Å². The van der Waals surface area contributed by atoms with E-state index in [9.17, 15) is 0 Å². The Morgan fingerprint density at radius 3 is 2.60 bits per heavy atom. The molecule has 20 heavy (non-hydrogen) atoms. The van der Waals surface area contributed by atoms with Crippen molar-refractivity contribution in [2.75, 3.05) is 18.5 Å². The molecule has 0 amide bonds. The van der Waals surface area contributed by atoms with E-state index in [4.69, 9.17) is 9.15 Å². The van der Waals surface area contributed by atoms with E-state index >= 15 is 0 Å². The van der Waals surface area contributed by atoms with E-state index in [2.05, 4.69) is 36.3 Å². The molecule has 2 aromatic rings. The summed E-state index contributed by atoms with van der Waals surface area (Å²) in [5.74, 6) is 1.43. The van der Waals surface area contributed by atoms with Crippen molar-refractivity contribution in [1.82, 2.24) is 10.2 Å². The summed E-state index contributed by atoms with van der Waals surface area (Å²) in [4.78, 5) is 0. The SMILES string of the molecule is CC(C)(C)CNc1nnc(CCOc2ccccc2)o1. The summed E-state index contributed by atoms with van der Waals surface area (Å²) >= 11 is 0. The third kappa shape index (κ3) is 4.91. The summed E-state index contributed by atoms with van der Waals surface area (Å²) in [5, 5.41) is 11.1. The van der Waals surface area contributed by atoms with E-state index < -0.39 is 0 Å². The molecule has 0 atom stereocenters. The average molecular weight is 275 g/mol. The monoisotopic (exact) mass is 275 g/mol. The highest BCUT2D eigenvalue weighted by Gasteiger charge is 2.12. The van der Waals surface area contributed by atoms with Crippen LogP contribution in [0.1, 0.15) is 26.7 Å². The minimum absolute atomic E-state index is 0.172. The molecule has 0 fully saturated rings. The third-order valence-corrected chi connectivity index (χ3v) is 2.56. The molecule has 1 aromatic heterocycles. The number of anilines is 1. The van der Waals surface area contributed by atoms with Crippen molar-refractivity contribution in [1.29, 1.82) is 0 Å². The summed E-state index contributed by atoms with van der Waals surface area (Å²) in [6.45, 7) is 7.74. The molecule has 0 unspecified atom stereocenters. The summed E-state index contributed by atoms with van der Waals surface area (Å²) in [6, 6.07) is 10.1. The number of hydrogen-bond acceptors (Lipinski definition) is 5. The Hall–Kier alpha value is -2.04. The van der Waals surface area contributed by atoms with Gasteiger partial charge >= 0.3 is 6.01 Å². The fourth-order valence-electron chi connectivity index (χ4n) is 1.54. The van der Waals surface area contributed by atoms with E-state index in [0.717, 1.165) is 12.3 Å². The van der Waals surface area contributed by atoms with Crippen LogP contribution >= 0.6 is 0 Å². The third-order valence-electron chi connectivity index (χ3n) is 2.56. The lowest BCUT2D eigenvalue weighted by atomic mass is 9.97. The summed E-state index contributed by atoms with van der Waals surface area (Å²) in [5.41, 5.74) is 0.172. The first-order valence-corrected chi connectivity index (χ1v) is 6.77. The number of rotatable bonds is 6. The minimum atomic E-state index is 0.172. The van der Waals surface area contributed by atoms with Crippen LogP contribution in [0.5, 0.6) is 5.75 Å². The maximum Gasteiger partial charge on any atom is 0.315 e. The van der Waals surface area contributed by atoms with Gasteiger partial charge in [-0.3, -0.25) is 0 Å². The van der Waals surface area contributed by atoms with Gasteiger partial charge in [-0.15, -0.1) is 5.10 Å². The first kappa shape index (κ1) is 14.4. The Labute approximate surface area is 119 Å². The first-order chi connectivity index (χ1) is 9.53. The van der Waals surface area contributed by atoms with Gasteiger partial charge in [0.1, 0.15) is 5.75 Å². The number of para-hydroxylation sites is 1. The topological polar surface area (TPSA) is 60.2 Å². The summed E-state index contributed by atoms with van der Waals surface area (Å²) in [6.07, 6.45) is 0.596. The van der Waals surface area contributed by atoms with Crippen molar-refractivity contribution in [3.8, 4) is 5.75 Å². The van der Waals surface area contributed by atoms with Gasteiger partial charge in [-0.2, -0.15) is 0 Å². The highest BCUT2D eigenvalue weighted by atomic mass is 16.5. The number of benzene rings is 1. The Morgan fingerprint density at radius 1 is 1.15 bits per heavy atom. The van der Waals surface area contributed by atoms with E-state index in [-0.39, 0.29) is 5.41 Å². The first-order valence-electron chi connectivity index (χ1n) is 6.77. The van der Waals surface area contributed by atoms with Crippen LogP contribution in [0.25, 0.3) is 0 Å². The van der Waals surface area contributed by atoms with Crippen LogP contribution in [0, 0.1) is 5.41 Å². The van der Waals surface area contributed by atoms with Crippen molar-refractivity contribution in [3.63, 3.8) is 0 Å². The molecular formula is C15H21N3O2. The molecule has 0 spiro atoms. The van der Waals surface area contributed by atoms with Gasteiger partial charge in [0, 0.05) is 6.54 Å². The minimum Gasteiger partial charge on any atom is -0.493 e. The highest BCUT2D eigenvalue weighted by Crippen LogP contribution is 2.15. The quantitative estimate of drug-likeness (QED) is 0.877. The molecule has 0 bridgehead atoms. The zero-order chi connectivity index (χ0) is 14.4. The van der Waals surface area contributed by atoms with Crippen LogP contribution in [0.2, 0.25) is 0 Å². The van der Waals surface area contributed by atoms with E-state index in [1.807, 2.05) is 30.3 Å². The second-order valence-electron chi connectivity index (χ2n) is 5.83. The molecule has 108 valence electrons. The predicted octanol–water partition coefficient (Wildman–Crippen LogP) is 3.15. The lowest BCUT2D eigenvalue weighted by Crippen LogP contribution is -2.19. The van der Waals surface area contributed by atoms with E-state index in [1.165, 1.54) is 0 Å². The Morgan fingerprint density at radius 2 is 1.90 bits per heavy atom. The van der Waals surface area contributed by atoms with Crippen molar-refractivity contribution >= 4 is 6.01 Å². The van der Waals surface area contributed by atoms with Gasteiger partial charge in [0.05, 0.1) is 13.0 Å². The number of ether oxygens (including phenoxy) is 1. The van der Waals surface area contributed by atoms with Crippen molar-refractivity contribution in [2.24, 2.45) is 5.41 Å². The Balaban J connectivity index is 1.75. The molecule has 0 radical (unpaired) electrons. The maximum atomic E-state index is 5.59. The molecule has 1 N–H and O–H groups in total. The molecule has 1 aromatic carbocycles. The molecule has 5 heteroatoms. The fourth-order valence-corrected chi connectivity index (χ4v) is 1.54. The fraction of sp³-hybridized carbons (Fsp3) is 0.467. The molecule has 0 saturated carbocycles. The van der Waals surface area contributed by atoms with E-state index in [0.29, 0.717) is 24.9 Å². The lowest BCUT2D eigenvalue weighted by molar-refractivity contribution is 0.306. The van der Waals surface area contributed by atoms with Crippen LogP contribution in [-0.4, -0.2) is 23.3 Å². The Bertz CT molecular complexity index is 517. The molecular weight excluding hydrogens is 254 g/mol. The lowest BCUT2D eigenvalue weighted by Gasteiger charge is -2.17. The largest absolute Gasteiger partial charge is 0.493 e. The zero-order valence-electron chi connectivity index (χ0n) is 12.2. The molecule has 0 saturated heterocycles. The molecule has 1 heterocycles. The van der Waals surface area contributed by atoms with Crippen molar-refractivity contribution in [3.05, 3.63) is 36.2 Å². The van der Waals surface area contributed by atoms with Gasteiger partial charge in [0.2, 0.25) is 5.89 Å².